The summed E-state index contributed by atoms with van der Waals surface area (Å²) in [6.07, 6.45) is 5.78. The van der Waals surface area contributed by atoms with Gasteiger partial charge in [0.25, 0.3) is 0 Å². The van der Waals surface area contributed by atoms with Crippen molar-refractivity contribution in [3.63, 3.8) is 0 Å². The molecular formula is C25H40O6. The Morgan fingerprint density at radius 1 is 0.968 bits per heavy atom. The Morgan fingerprint density at radius 2 is 1.68 bits per heavy atom. The minimum Gasteiger partial charge on any atom is -0.463 e. The lowest BCUT2D eigenvalue weighted by atomic mass is 9.42. The van der Waals surface area contributed by atoms with E-state index >= 15 is 0 Å². The number of esters is 2. The van der Waals surface area contributed by atoms with Crippen LogP contribution >= 0.6 is 0 Å². The van der Waals surface area contributed by atoms with Gasteiger partial charge in [-0.25, -0.2) is 0 Å². The molecule has 4 fully saturated rings. The monoisotopic (exact) mass is 436 g/mol. The maximum Gasteiger partial charge on any atom is 0.302 e. The Hall–Kier alpha value is -1.14. The van der Waals surface area contributed by atoms with Crippen LogP contribution in [-0.4, -0.2) is 46.1 Å². The van der Waals surface area contributed by atoms with Gasteiger partial charge in [-0.2, -0.15) is 0 Å². The fourth-order valence-electron chi connectivity index (χ4n) is 8.64. The number of hydrogen-bond acceptors (Lipinski definition) is 6. The highest BCUT2D eigenvalue weighted by Crippen LogP contribution is 2.69. The van der Waals surface area contributed by atoms with E-state index in [2.05, 4.69) is 6.92 Å². The number of rotatable bonds is 3. The highest BCUT2D eigenvalue weighted by molar-refractivity contribution is 5.66. The van der Waals surface area contributed by atoms with Crippen molar-refractivity contribution in [2.75, 3.05) is 0 Å². The van der Waals surface area contributed by atoms with Crippen LogP contribution in [0.3, 0.4) is 0 Å². The molecule has 176 valence electrons. The van der Waals surface area contributed by atoms with Crippen LogP contribution in [0.4, 0.5) is 0 Å². The van der Waals surface area contributed by atoms with Crippen molar-refractivity contribution in [2.24, 2.45) is 34.5 Å². The third kappa shape index (κ3) is 3.35. The van der Waals surface area contributed by atoms with Crippen LogP contribution in [0.1, 0.15) is 86.0 Å². The number of fused-ring (bicyclic) bond motifs is 5. The van der Waals surface area contributed by atoms with Crippen LogP contribution < -0.4 is 0 Å². The van der Waals surface area contributed by atoms with E-state index in [4.69, 9.17) is 9.47 Å². The molecule has 0 aliphatic heterocycles. The second-order valence-corrected chi connectivity index (χ2v) is 11.4. The number of aliphatic hydroxyl groups excluding tert-OH is 1. The molecule has 4 rings (SSSR count). The van der Waals surface area contributed by atoms with Crippen molar-refractivity contribution in [1.82, 2.24) is 0 Å². The zero-order valence-corrected chi connectivity index (χ0v) is 19.7. The minimum atomic E-state index is -0.949. The minimum absolute atomic E-state index is 0.00516. The van der Waals surface area contributed by atoms with Gasteiger partial charge in [0.1, 0.15) is 12.2 Å². The van der Waals surface area contributed by atoms with Gasteiger partial charge in [0.2, 0.25) is 0 Å². The molecule has 4 aliphatic rings. The third-order valence-corrected chi connectivity index (χ3v) is 10.2. The average molecular weight is 437 g/mol. The smallest absolute Gasteiger partial charge is 0.302 e. The summed E-state index contributed by atoms with van der Waals surface area (Å²) in [7, 11) is 0. The quantitative estimate of drug-likeness (QED) is 0.657. The van der Waals surface area contributed by atoms with Gasteiger partial charge in [0, 0.05) is 25.2 Å². The first-order valence-electron chi connectivity index (χ1n) is 12.2. The van der Waals surface area contributed by atoms with E-state index in [-0.39, 0.29) is 47.3 Å². The summed E-state index contributed by atoms with van der Waals surface area (Å²) in [6.45, 7) is 9.16. The molecule has 0 aromatic heterocycles. The lowest BCUT2D eigenvalue weighted by Gasteiger charge is -2.65. The fraction of sp³-hybridized carbons (Fsp3) is 0.920. The van der Waals surface area contributed by atoms with Gasteiger partial charge >= 0.3 is 11.9 Å². The normalized spacial score (nSPS) is 49.9. The molecule has 3 unspecified atom stereocenters. The number of carbonyl (C=O) groups is 2. The zero-order chi connectivity index (χ0) is 22.8. The molecule has 4 saturated carbocycles. The largest absolute Gasteiger partial charge is 0.463 e. The van der Waals surface area contributed by atoms with Crippen LogP contribution in [0.25, 0.3) is 0 Å². The lowest BCUT2D eigenvalue weighted by Crippen LogP contribution is -2.67. The number of aliphatic hydroxyl groups is 2. The summed E-state index contributed by atoms with van der Waals surface area (Å²) >= 11 is 0. The van der Waals surface area contributed by atoms with Crippen molar-refractivity contribution < 1.29 is 29.3 Å². The van der Waals surface area contributed by atoms with Crippen LogP contribution in [0.5, 0.6) is 0 Å². The van der Waals surface area contributed by atoms with Crippen molar-refractivity contribution in [2.45, 2.75) is 110 Å². The van der Waals surface area contributed by atoms with E-state index in [1.165, 1.54) is 13.8 Å². The fourth-order valence-corrected chi connectivity index (χ4v) is 8.64. The first kappa shape index (κ1) is 23.0. The molecule has 0 bridgehead atoms. The second kappa shape index (κ2) is 7.72. The molecule has 2 N–H and O–H groups in total. The van der Waals surface area contributed by atoms with Crippen LogP contribution in [0.15, 0.2) is 0 Å². The van der Waals surface area contributed by atoms with Crippen LogP contribution in [0.2, 0.25) is 0 Å². The molecule has 0 spiro atoms. The predicted molar refractivity (Wildman–Crippen MR) is 115 cm³/mol. The van der Waals surface area contributed by atoms with E-state index in [9.17, 15) is 19.8 Å². The lowest BCUT2D eigenvalue weighted by molar-refractivity contribution is -0.253. The standard InChI is InChI=1S/C25H40O6/c1-14(30-15(2)26)19-9-11-25(29)20-7-6-17-12-18(31-16(3)27)8-10-23(17,4)21(20)13-22(28)24(19,25)5/h14,17-22,28-29H,6-13H2,1-5H3/t14?,17-,18-,19+,20?,21?,22+,23-,24-,25-/m0/s1. The molecular weight excluding hydrogens is 396 g/mol. The van der Waals surface area contributed by atoms with Gasteiger partial charge in [0.05, 0.1) is 11.7 Å². The highest BCUT2D eigenvalue weighted by atomic mass is 16.5. The van der Waals surface area contributed by atoms with Gasteiger partial charge in [-0.05, 0) is 81.5 Å². The summed E-state index contributed by atoms with van der Waals surface area (Å²) in [5.41, 5.74) is -1.59. The van der Waals surface area contributed by atoms with E-state index in [1.54, 1.807) is 0 Å². The molecule has 0 heterocycles. The Bertz CT molecular complexity index is 738. The van der Waals surface area contributed by atoms with E-state index in [0.29, 0.717) is 18.8 Å². The average Bonchev–Trinajstić information content (AvgIpc) is 2.95. The number of carbonyl (C=O) groups excluding carboxylic acids is 2. The van der Waals surface area contributed by atoms with Crippen molar-refractivity contribution in [1.29, 1.82) is 0 Å². The first-order valence-corrected chi connectivity index (χ1v) is 12.2. The van der Waals surface area contributed by atoms with Gasteiger partial charge < -0.3 is 19.7 Å². The van der Waals surface area contributed by atoms with Gasteiger partial charge in [0.15, 0.2) is 0 Å². The van der Waals surface area contributed by atoms with Gasteiger partial charge in [-0.1, -0.05) is 13.8 Å². The van der Waals surface area contributed by atoms with Gasteiger partial charge in [-0.3, -0.25) is 9.59 Å². The van der Waals surface area contributed by atoms with Crippen molar-refractivity contribution >= 4 is 11.9 Å². The van der Waals surface area contributed by atoms with Crippen LogP contribution in [0, 0.1) is 34.5 Å². The number of hydrogen-bond donors (Lipinski definition) is 2. The van der Waals surface area contributed by atoms with E-state index in [0.717, 1.165) is 38.5 Å². The molecule has 0 aromatic rings. The first-order chi connectivity index (χ1) is 14.4. The third-order valence-electron chi connectivity index (χ3n) is 10.2. The molecule has 6 nitrogen and oxygen atoms in total. The molecule has 0 aromatic carbocycles. The molecule has 0 amide bonds. The molecule has 31 heavy (non-hydrogen) atoms. The maximum atomic E-state index is 12.2. The number of ether oxygens (including phenoxy) is 2. The summed E-state index contributed by atoms with van der Waals surface area (Å²) in [5, 5.41) is 23.7. The van der Waals surface area contributed by atoms with E-state index < -0.39 is 17.1 Å². The Kier molecular flexibility index (Phi) is 5.74. The molecule has 0 radical (unpaired) electrons. The Balaban J connectivity index is 1.60. The molecule has 6 heteroatoms. The Labute approximate surface area is 186 Å². The molecule has 0 saturated heterocycles. The SMILES string of the molecule is CC(=O)OC(C)[C@H]1CC[C@]2(O)C3CC[C@H]4C[C@@H](OC(C)=O)CC[C@]4(C)C3C[C@@H](O)[C@]12C. The van der Waals surface area contributed by atoms with Crippen LogP contribution in [-0.2, 0) is 19.1 Å². The molecule has 10 atom stereocenters. The maximum absolute atomic E-state index is 12.2. The zero-order valence-electron chi connectivity index (χ0n) is 19.7. The predicted octanol–water partition coefficient (Wildman–Crippen LogP) is 3.61. The summed E-state index contributed by atoms with van der Waals surface area (Å²) in [6, 6.07) is 0. The van der Waals surface area contributed by atoms with Crippen molar-refractivity contribution in [3.8, 4) is 0 Å². The molecule has 4 aliphatic carbocycles. The van der Waals surface area contributed by atoms with E-state index in [1.807, 2.05) is 13.8 Å². The van der Waals surface area contributed by atoms with Gasteiger partial charge in [-0.15, -0.1) is 0 Å². The summed E-state index contributed by atoms with van der Waals surface area (Å²) in [5.74, 6) is 0.265. The second-order valence-electron chi connectivity index (χ2n) is 11.4. The highest BCUT2D eigenvalue weighted by Gasteiger charge is 2.71. The summed E-state index contributed by atoms with van der Waals surface area (Å²) in [4.78, 5) is 23.0. The summed E-state index contributed by atoms with van der Waals surface area (Å²) < 4.78 is 11.1. The Morgan fingerprint density at radius 3 is 2.32 bits per heavy atom. The topological polar surface area (TPSA) is 93.1 Å². The van der Waals surface area contributed by atoms with Crippen molar-refractivity contribution in [3.05, 3.63) is 0 Å².